The fourth-order valence-electron chi connectivity index (χ4n) is 2.02. The highest BCUT2D eigenvalue weighted by Gasteiger charge is 2.33. The predicted octanol–water partition coefficient (Wildman–Crippen LogP) is 0.225. The Bertz CT molecular complexity index is 442. The molecule has 0 saturated carbocycles. The van der Waals surface area contributed by atoms with Crippen molar-refractivity contribution < 1.29 is 4.79 Å². The Labute approximate surface area is 107 Å². The number of aromatic nitrogens is 2. The number of hydrogen-bond donors (Lipinski definition) is 1. The lowest BCUT2D eigenvalue weighted by atomic mass is 9.99. The van der Waals surface area contributed by atoms with E-state index in [1.807, 2.05) is 4.90 Å². The van der Waals surface area contributed by atoms with Crippen LogP contribution in [0.15, 0.2) is 12.4 Å². The summed E-state index contributed by atoms with van der Waals surface area (Å²) in [4.78, 5) is 24.3. The topological polar surface area (TPSA) is 75.3 Å². The fourth-order valence-corrected chi connectivity index (χ4v) is 2.02. The molecule has 2 N–H and O–H groups in total. The van der Waals surface area contributed by atoms with Crippen LogP contribution in [0.3, 0.4) is 0 Å². The first-order valence-corrected chi connectivity index (χ1v) is 5.98. The molecule has 0 radical (unpaired) electrons. The Kier molecular flexibility index (Phi) is 3.21. The molecule has 1 fully saturated rings. The number of rotatable bonds is 1. The minimum absolute atomic E-state index is 0.0187. The quantitative estimate of drug-likeness (QED) is 0.771. The lowest BCUT2D eigenvalue weighted by molar-refractivity contribution is 0.0307. The molecular weight excluding hydrogens is 230 g/mol. The number of amides is 1. The van der Waals surface area contributed by atoms with Crippen LogP contribution >= 0.6 is 0 Å². The second kappa shape index (κ2) is 4.53. The maximum absolute atomic E-state index is 12.3. The number of carbonyl (C=O) groups excluding carboxylic acids is 1. The van der Waals surface area contributed by atoms with Gasteiger partial charge in [-0.2, -0.15) is 0 Å². The number of anilines is 1. The van der Waals surface area contributed by atoms with E-state index in [-0.39, 0.29) is 11.4 Å². The van der Waals surface area contributed by atoms with Crippen LogP contribution in [0.2, 0.25) is 0 Å². The molecule has 6 nitrogen and oxygen atoms in total. The van der Waals surface area contributed by atoms with Crippen LogP contribution in [0, 0.1) is 0 Å². The molecule has 18 heavy (non-hydrogen) atoms. The molecular formula is C12H19N5O. The van der Waals surface area contributed by atoms with Gasteiger partial charge in [0.15, 0.2) is 0 Å². The van der Waals surface area contributed by atoms with E-state index in [9.17, 15) is 4.79 Å². The number of nitrogens with two attached hydrogens (primary N) is 1. The van der Waals surface area contributed by atoms with Crippen molar-refractivity contribution in [2.24, 2.45) is 0 Å². The van der Waals surface area contributed by atoms with Gasteiger partial charge in [0.25, 0.3) is 5.91 Å². The van der Waals surface area contributed by atoms with Crippen LogP contribution in [0.1, 0.15) is 24.3 Å². The maximum Gasteiger partial charge on any atom is 0.274 e. The summed E-state index contributed by atoms with van der Waals surface area (Å²) in [5, 5.41) is 0. The van der Waals surface area contributed by atoms with E-state index in [0.29, 0.717) is 24.6 Å². The van der Waals surface area contributed by atoms with Crippen molar-refractivity contribution in [3.63, 3.8) is 0 Å². The minimum Gasteiger partial charge on any atom is -0.382 e. The Morgan fingerprint density at radius 3 is 2.61 bits per heavy atom. The van der Waals surface area contributed by atoms with Gasteiger partial charge in [0.05, 0.1) is 12.4 Å². The van der Waals surface area contributed by atoms with Crippen LogP contribution in [-0.2, 0) is 0 Å². The summed E-state index contributed by atoms with van der Waals surface area (Å²) >= 11 is 0. The normalized spacial score (nSPS) is 19.8. The molecule has 2 rings (SSSR count). The largest absolute Gasteiger partial charge is 0.382 e. The van der Waals surface area contributed by atoms with Gasteiger partial charge in [0.1, 0.15) is 11.5 Å². The highest BCUT2D eigenvalue weighted by molar-refractivity contribution is 5.92. The van der Waals surface area contributed by atoms with E-state index >= 15 is 0 Å². The van der Waals surface area contributed by atoms with Gasteiger partial charge in [0, 0.05) is 25.2 Å². The van der Waals surface area contributed by atoms with Gasteiger partial charge < -0.3 is 10.6 Å². The zero-order valence-corrected chi connectivity index (χ0v) is 11.1. The van der Waals surface area contributed by atoms with E-state index < -0.39 is 0 Å². The third-order valence-corrected chi connectivity index (χ3v) is 3.49. The highest BCUT2D eigenvalue weighted by atomic mass is 16.2. The molecule has 0 atom stereocenters. The lowest BCUT2D eigenvalue weighted by Gasteiger charge is -2.45. The monoisotopic (exact) mass is 249 g/mol. The van der Waals surface area contributed by atoms with Crippen LogP contribution in [0.25, 0.3) is 0 Å². The van der Waals surface area contributed by atoms with E-state index in [1.165, 1.54) is 12.4 Å². The lowest BCUT2D eigenvalue weighted by Crippen LogP contribution is -2.58. The van der Waals surface area contributed by atoms with Gasteiger partial charge >= 0.3 is 0 Å². The van der Waals surface area contributed by atoms with Crippen LogP contribution < -0.4 is 5.73 Å². The minimum atomic E-state index is -0.0799. The SMILES string of the molecule is CN1CCN(C(=O)c2cnc(N)cn2)CC1(C)C. The smallest absolute Gasteiger partial charge is 0.274 e. The van der Waals surface area contributed by atoms with Gasteiger partial charge in [-0.1, -0.05) is 0 Å². The van der Waals surface area contributed by atoms with Gasteiger partial charge in [-0.3, -0.25) is 9.69 Å². The summed E-state index contributed by atoms with van der Waals surface area (Å²) in [5.41, 5.74) is 5.79. The fraction of sp³-hybridized carbons (Fsp3) is 0.583. The first kappa shape index (κ1) is 12.8. The Hall–Kier alpha value is -1.69. The number of likely N-dealkylation sites (N-methyl/N-ethyl adjacent to an activating group) is 1. The van der Waals surface area contributed by atoms with Crippen molar-refractivity contribution >= 4 is 11.7 Å². The molecule has 0 aliphatic carbocycles. The van der Waals surface area contributed by atoms with Crippen LogP contribution in [0.4, 0.5) is 5.82 Å². The van der Waals surface area contributed by atoms with Crippen LogP contribution in [-0.4, -0.2) is 57.9 Å². The van der Waals surface area contributed by atoms with Crippen molar-refractivity contribution in [1.29, 1.82) is 0 Å². The summed E-state index contributed by atoms with van der Waals surface area (Å²) in [6.45, 7) is 6.52. The average Bonchev–Trinajstić information content (AvgIpc) is 2.33. The zero-order chi connectivity index (χ0) is 13.3. The van der Waals surface area contributed by atoms with Crippen molar-refractivity contribution in [1.82, 2.24) is 19.8 Å². The molecule has 0 unspecified atom stereocenters. The van der Waals surface area contributed by atoms with Crippen molar-refractivity contribution in [3.05, 3.63) is 18.1 Å². The predicted molar refractivity (Wildman–Crippen MR) is 69.1 cm³/mol. The van der Waals surface area contributed by atoms with Crippen molar-refractivity contribution in [3.8, 4) is 0 Å². The molecule has 2 heterocycles. The number of piperazine rings is 1. The molecule has 1 aliphatic heterocycles. The Balaban J connectivity index is 2.13. The standard InChI is InChI=1S/C12H19N5O/c1-12(2)8-17(5-4-16(12)3)11(18)9-6-15-10(13)7-14-9/h6-7H,4-5,8H2,1-3H3,(H2,13,15). The number of nitrogen functional groups attached to an aromatic ring is 1. The molecule has 1 amide bonds. The third kappa shape index (κ3) is 2.43. The van der Waals surface area contributed by atoms with Gasteiger partial charge in [-0.05, 0) is 20.9 Å². The van der Waals surface area contributed by atoms with Crippen molar-refractivity contribution in [2.75, 3.05) is 32.4 Å². The van der Waals surface area contributed by atoms with Gasteiger partial charge in [0.2, 0.25) is 0 Å². The summed E-state index contributed by atoms with van der Waals surface area (Å²) in [6.07, 6.45) is 2.84. The molecule has 1 aliphatic rings. The van der Waals surface area contributed by atoms with E-state index in [4.69, 9.17) is 5.73 Å². The van der Waals surface area contributed by atoms with E-state index in [1.54, 1.807) is 0 Å². The zero-order valence-electron chi connectivity index (χ0n) is 11.1. The molecule has 1 aromatic heterocycles. The van der Waals surface area contributed by atoms with E-state index in [0.717, 1.165) is 6.54 Å². The highest BCUT2D eigenvalue weighted by Crippen LogP contribution is 2.19. The van der Waals surface area contributed by atoms with Crippen molar-refractivity contribution in [2.45, 2.75) is 19.4 Å². The van der Waals surface area contributed by atoms with Gasteiger partial charge in [-0.25, -0.2) is 9.97 Å². The van der Waals surface area contributed by atoms with Gasteiger partial charge in [-0.15, -0.1) is 0 Å². The first-order chi connectivity index (χ1) is 8.40. The first-order valence-electron chi connectivity index (χ1n) is 5.98. The third-order valence-electron chi connectivity index (χ3n) is 3.49. The Morgan fingerprint density at radius 1 is 1.33 bits per heavy atom. The molecule has 6 heteroatoms. The Morgan fingerprint density at radius 2 is 2.06 bits per heavy atom. The number of nitrogens with zero attached hydrogens (tertiary/aromatic N) is 4. The molecule has 0 aromatic carbocycles. The summed E-state index contributed by atoms with van der Waals surface area (Å²) in [6, 6.07) is 0. The second-order valence-electron chi connectivity index (χ2n) is 5.29. The molecule has 98 valence electrons. The average molecular weight is 249 g/mol. The summed E-state index contributed by atoms with van der Waals surface area (Å²) in [7, 11) is 2.07. The molecule has 1 saturated heterocycles. The van der Waals surface area contributed by atoms with E-state index in [2.05, 4.69) is 35.8 Å². The molecule has 0 bridgehead atoms. The molecule has 1 aromatic rings. The number of hydrogen-bond acceptors (Lipinski definition) is 5. The second-order valence-corrected chi connectivity index (χ2v) is 5.29. The summed E-state index contributed by atoms with van der Waals surface area (Å²) < 4.78 is 0. The maximum atomic E-state index is 12.3. The molecule has 0 spiro atoms. The van der Waals surface area contributed by atoms with Crippen LogP contribution in [0.5, 0.6) is 0 Å². The number of carbonyl (C=O) groups is 1. The summed E-state index contributed by atoms with van der Waals surface area (Å²) in [5.74, 6) is 0.244.